The molecule has 0 aliphatic rings. The fraction of sp³-hybridized carbons (Fsp3) is 0.0769. The molecule has 0 radical (unpaired) electrons. The van der Waals surface area contributed by atoms with Gasteiger partial charge in [0.15, 0.2) is 5.11 Å². The van der Waals surface area contributed by atoms with Crippen LogP contribution in [0, 0.1) is 0 Å². The molecule has 0 fully saturated rings. The number of thiocarbonyl (C=S) groups is 1. The molecule has 0 saturated heterocycles. The first-order valence-corrected chi connectivity index (χ1v) is 5.90. The molecule has 0 aliphatic carbocycles. The van der Waals surface area contributed by atoms with Crippen LogP contribution in [0.3, 0.4) is 0 Å². The van der Waals surface area contributed by atoms with Gasteiger partial charge in [-0.05, 0) is 29.9 Å². The van der Waals surface area contributed by atoms with Gasteiger partial charge in [-0.3, -0.25) is 5.43 Å². The highest BCUT2D eigenvalue weighted by atomic mass is 32.1. The van der Waals surface area contributed by atoms with Crippen LogP contribution in [0.25, 0.3) is 0 Å². The van der Waals surface area contributed by atoms with E-state index in [4.69, 9.17) is 16.6 Å². The Hall–Kier alpha value is -2.14. The molecule has 1 aromatic carbocycles. The summed E-state index contributed by atoms with van der Waals surface area (Å²) < 4.78 is 5.17. The number of nitrogens with zero attached hydrogens (tertiary/aromatic N) is 1. The van der Waals surface area contributed by atoms with Crippen LogP contribution in [-0.2, 0) is 6.54 Å². The van der Waals surface area contributed by atoms with Gasteiger partial charge in [-0.25, -0.2) is 0 Å². The molecule has 1 heterocycles. The highest BCUT2D eigenvalue weighted by Gasteiger charge is 1.96. The zero-order valence-electron chi connectivity index (χ0n) is 9.67. The zero-order valence-corrected chi connectivity index (χ0v) is 10.5. The molecule has 92 valence electrons. The van der Waals surface area contributed by atoms with Gasteiger partial charge in [-0.2, -0.15) is 5.10 Å². The molecule has 1 aromatic heterocycles. The van der Waals surface area contributed by atoms with Crippen LogP contribution in [-0.4, -0.2) is 11.3 Å². The lowest BCUT2D eigenvalue weighted by Crippen LogP contribution is -2.31. The van der Waals surface area contributed by atoms with Crippen molar-refractivity contribution in [2.45, 2.75) is 6.54 Å². The van der Waals surface area contributed by atoms with E-state index in [1.54, 1.807) is 12.5 Å². The predicted molar refractivity (Wildman–Crippen MR) is 75.3 cm³/mol. The molecule has 5 heteroatoms. The van der Waals surface area contributed by atoms with Crippen LogP contribution in [0.4, 0.5) is 0 Å². The molecule has 2 N–H and O–H groups in total. The first kappa shape index (κ1) is 12.3. The van der Waals surface area contributed by atoms with Gasteiger partial charge < -0.3 is 9.73 Å². The molecule has 0 aliphatic heterocycles. The normalized spacial score (nSPS) is 10.4. The third kappa shape index (κ3) is 4.03. The van der Waals surface area contributed by atoms with Crippen molar-refractivity contribution in [3.8, 4) is 0 Å². The van der Waals surface area contributed by atoms with Crippen molar-refractivity contribution in [1.82, 2.24) is 10.7 Å². The van der Waals surface area contributed by atoms with Crippen molar-refractivity contribution in [3.05, 3.63) is 60.1 Å². The van der Waals surface area contributed by atoms with Crippen molar-refractivity contribution in [1.29, 1.82) is 0 Å². The number of hydrogen-bond acceptors (Lipinski definition) is 3. The number of furan rings is 1. The van der Waals surface area contributed by atoms with E-state index >= 15 is 0 Å². The summed E-state index contributed by atoms with van der Waals surface area (Å²) in [4.78, 5) is 0. The van der Waals surface area contributed by atoms with Crippen LogP contribution in [0.15, 0.2) is 58.2 Å². The largest absolute Gasteiger partial charge is 0.467 e. The minimum Gasteiger partial charge on any atom is -0.467 e. The van der Waals surface area contributed by atoms with Crippen molar-refractivity contribution < 1.29 is 4.42 Å². The molecule has 0 amide bonds. The Labute approximate surface area is 111 Å². The minimum atomic E-state index is 0.457. The molecule has 4 nitrogen and oxygen atoms in total. The smallest absolute Gasteiger partial charge is 0.187 e. The van der Waals surface area contributed by atoms with Gasteiger partial charge in [0.1, 0.15) is 5.76 Å². The van der Waals surface area contributed by atoms with E-state index in [9.17, 15) is 0 Å². The molecule has 0 saturated carbocycles. The number of rotatable bonds is 4. The van der Waals surface area contributed by atoms with Crippen LogP contribution in [0.2, 0.25) is 0 Å². The van der Waals surface area contributed by atoms with Gasteiger partial charge in [0, 0.05) is 0 Å². The monoisotopic (exact) mass is 259 g/mol. The summed E-state index contributed by atoms with van der Waals surface area (Å²) in [5.74, 6) is 0.825. The van der Waals surface area contributed by atoms with Gasteiger partial charge in [0.2, 0.25) is 0 Å². The summed E-state index contributed by atoms with van der Waals surface area (Å²) in [5, 5.41) is 7.47. The Morgan fingerprint density at radius 3 is 2.78 bits per heavy atom. The van der Waals surface area contributed by atoms with Gasteiger partial charge in [-0.1, -0.05) is 30.3 Å². The second-order valence-corrected chi connectivity index (χ2v) is 3.95. The van der Waals surface area contributed by atoms with Gasteiger partial charge >= 0.3 is 0 Å². The molecule has 0 atom stereocenters. The molecule has 0 bridgehead atoms. The average Bonchev–Trinajstić information content (AvgIpc) is 2.91. The maximum Gasteiger partial charge on any atom is 0.187 e. The summed E-state index contributed by atoms with van der Waals surface area (Å²) in [6.07, 6.45) is 3.34. The van der Waals surface area contributed by atoms with Crippen LogP contribution >= 0.6 is 12.2 Å². The van der Waals surface area contributed by atoms with Gasteiger partial charge in [-0.15, -0.1) is 0 Å². The van der Waals surface area contributed by atoms with Crippen molar-refractivity contribution >= 4 is 23.5 Å². The van der Waals surface area contributed by atoms with Crippen molar-refractivity contribution in [3.63, 3.8) is 0 Å². The lowest BCUT2D eigenvalue weighted by molar-refractivity contribution is 0.502. The van der Waals surface area contributed by atoms with Crippen LogP contribution in [0.1, 0.15) is 11.3 Å². The van der Waals surface area contributed by atoms with Crippen LogP contribution in [0.5, 0.6) is 0 Å². The van der Waals surface area contributed by atoms with Crippen LogP contribution < -0.4 is 10.7 Å². The molecule has 0 unspecified atom stereocenters. The van der Waals surface area contributed by atoms with E-state index in [0.717, 1.165) is 11.3 Å². The Bertz CT molecular complexity index is 508. The van der Waals surface area contributed by atoms with Gasteiger partial charge in [0.25, 0.3) is 0 Å². The van der Waals surface area contributed by atoms with E-state index < -0.39 is 0 Å². The highest BCUT2D eigenvalue weighted by Crippen LogP contribution is 1.98. The Kier molecular flexibility index (Phi) is 4.49. The second kappa shape index (κ2) is 6.56. The highest BCUT2D eigenvalue weighted by molar-refractivity contribution is 7.80. The van der Waals surface area contributed by atoms with E-state index in [2.05, 4.69) is 15.8 Å². The molecule has 0 spiro atoms. The third-order valence-corrected chi connectivity index (χ3v) is 2.42. The zero-order chi connectivity index (χ0) is 12.6. The predicted octanol–water partition coefficient (Wildman–Crippen LogP) is 2.28. The third-order valence-electron chi connectivity index (χ3n) is 2.18. The summed E-state index contributed by atoms with van der Waals surface area (Å²) in [5.41, 5.74) is 3.75. The summed E-state index contributed by atoms with van der Waals surface area (Å²) in [6, 6.07) is 13.5. The van der Waals surface area contributed by atoms with Crippen molar-refractivity contribution in [2.24, 2.45) is 5.10 Å². The van der Waals surface area contributed by atoms with E-state index in [-0.39, 0.29) is 0 Å². The number of benzene rings is 1. The Morgan fingerprint density at radius 1 is 1.22 bits per heavy atom. The standard InChI is InChI=1S/C13H13N3OS/c18-13(14-10-12-7-4-8-17-12)16-15-9-11-5-2-1-3-6-11/h1-9H,10H2,(H2,14,16,18). The SMILES string of the molecule is S=C(NCc1ccco1)NN=Cc1ccccc1. The van der Waals surface area contributed by atoms with E-state index in [0.29, 0.717) is 11.7 Å². The first-order chi connectivity index (χ1) is 8.84. The Morgan fingerprint density at radius 2 is 2.06 bits per heavy atom. The number of nitrogens with one attached hydrogen (secondary N) is 2. The summed E-state index contributed by atoms with van der Waals surface area (Å²) in [6.45, 7) is 0.541. The van der Waals surface area contributed by atoms with Gasteiger partial charge in [0.05, 0.1) is 19.0 Å². The fourth-order valence-electron chi connectivity index (χ4n) is 1.32. The molecule has 2 aromatic rings. The molecular formula is C13H13N3OS. The number of hydrogen-bond donors (Lipinski definition) is 2. The lowest BCUT2D eigenvalue weighted by Gasteiger charge is -2.04. The first-order valence-electron chi connectivity index (χ1n) is 5.49. The molecule has 18 heavy (non-hydrogen) atoms. The number of hydrazone groups is 1. The summed E-state index contributed by atoms with van der Waals surface area (Å²) >= 11 is 5.06. The fourth-order valence-corrected chi connectivity index (χ4v) is 1.45. The lowest BCUT2D eigenvalue weighted by atomic mass is 10.2. The molecule has 2 rings (SSSR count). The molecular weight excluding hydrogens is 246 g/mol. The minimum absolute atomic E-state index is 0.457. The maximum absolute atomic E-state index is 5.17. The van der Waals surface area contributed by atoms with E-state index in [1.165, 1.54) is 0 Å². The summed E-state index contributed by atoms with van der Waals surface area (Å²) in [7, 11) is 0. The Balaban J connectivity index is 1.73. The second-order valence-electron chi connectivity index (χ2n) is 3.54. The van der Waals surface area contributed by atoms with Crippen molar-refractivity contribution in [2.75, 3.05) is 0 Å². The van der Waals surface area contributed by atoms with E-state index in [1.807, 2.05) is 42.5 Å². The average molecular weight is 259 g/mol. The maximum atomic E-state index is 5.17. The topological polar surface area (TPSA) is 49.6 Å². The quantitative estimate of drug-likeness (QED) is 0.502.